The minimum Gasteiger partial charge on any atom is -0.491 e. The highest BCUT2D eigenvalue weighted by molar-refractivity contribution is 6.30. The first kappa shape index (κ1) is 18.5. The van der Waals surface area contributed by atoms with Crippen LogP contribution < -0.4 is 4.74 Å². The van der Waals surface area contributed by atoms with Crippen molar-refractivity contribution in [2.75, 3.05) is 39.5 Å². The number of benzene rings is 1. The third-order valence-corrected chi connectivity index (χ3v) is 4.29. The van der Waals surface area contributed by atoms with Crippen LogP contribution in [0.15, 0.2) is 24.3 Å². The number of rotatable bonds is 8. The van der Waals surface area contributed by atoms with Crippen LogP contribution >= 0.6 is 11.6 Å². The molecule has 130 valence electrons. The Balaban J connectivity index is 1.56. The maximum atomic E-state index is 10.1. The highest BCUT2D eigenvalue weighted by Crippen LogP contribution is 2.21. The van der Waals surface area contributed by atoms with Crippen molar-refractivity contribution < 1.29 is 14.6 Å². The van der Waals surface area contributed by atoms with Crippen LogP contribution in [0.2, 0.25) is 5.02 Å². The number of ether oxygens (including phenoxy) is 2. The second kappa shape index (κ2) is 9.48. The molecule has 23 heavy (non-hydrogen) atoms. The van der Waals surface area contributed by atoms with Crippen LogP contribution in [0.5, 0.6) is 5.75 Å². The van der Waals surface area contributed by atoms with E-state index in [1.165, 1.54) is 6.42 Å². The highest BCUT2D eigenvalue weighted by Gasteiger charge is 2.23. The average Bonchev–Trinajstić information content (AvgIpc) is 2.47. The van der Waals surface area contributed by atoms with Gasteiger partial charge < -0.3 is 19.5 Å². The van der Waals surface area contributed by atoms with Gasteiger partial charge in [0.15, 0.2) is 0 Å². The number of hydrogen-bond acceptors (Lipinski definition) is 4. The van der Waals surface area contributed by atoms with Gasteiger partial charge in [0.2, 0.25) is 0 Å². The fraction of sp³-hybridized carbons (Fsp3) is 0.667. The molecule has 1 aromatic rings. The molecule has 5 heteroatoms. The van der Waals surface area contributed by atoms with Gasteiger partial charge in [0, 0.05) is 24.7 Å². The minimum atomic E-state index is -0.442. The topological polar surface area (TPSA) is 41.9 Å². The van der Waals surface area contributed by atoms with Crippen molar-refractivity contribution in [3.8, 4) is 5.75 Å². The third kappa shape index (κ3) is 7.08. The maximum absolute atomic E-state index is 10.1. The maximum Gasteiger partial charge on any atom is 0.119 e. The van der Waals surface area contributed by atoms with E-state index in [0.717, 1.165) is 18.8 Å². The molecule has 1 aromatic carbocycles. The molecule has 0 radical (unpaired) electrons. The molecular weight excluding hydrogens is 314 g/mol. The molecule has 1 fully saturated rings. The molecule has 2 rings (SSSR count). The summed E-state index contributed by atoms with van der Waals surface area (Å²) in [7, 11) is 0. The summed E-state index contributed by atoms with van der Waals surface area (Å²) in [6.07, 6.45) is 0.841. The van der Waals surface area contributed by atoms with E-state index in [2.05, 4.69) is 18.7 Å². The first-order chi connectivity index (χ1) is 11.0. The normalized spacial score (nSPS) is 23.7. The number of halogens is 1. The van der Waals surface area contributed by atoms with Crippen molar-refractivity contribution in [3.05, 3.63) is 29.3 Å². The number of likely N-dealkylation sites (tertiary alicyclic amines) is 1. The van der Waals surface area contributed by atoms with Crippen molar-refractivity contribution in [2.24, 2.45) is 11.8 Å². The average molecular weight is 342 g/mol. The van der Waals surface area contributed by atoms with E-state index in [4.69, 9.17) is 21.1 Å². The van der Waals surface area contributed by atoms with Crippen LogP contribution in [0, 0.1) is 11.8 Å². The number of aliphatic hydroxyl groups is 1. The minimum absolute atomic E-state index is 0.350. The summed E-state index contributed by atoms with van der Waals surface area (Å²) in [5, 5.41) is 10.8. The molecule has 1 N–H and O–H groups in total. The molecule has 1 aliphatic rings. The Morgan fingerprint density at radius 3 is 2.48 bits per heavy atom. The van der Waals surface area contributed by atoms with E-state index in [-0.39, 0.29) is 0 Å². The molecule has 0 spiro atoms. The smallest absolute Gasteiger partial charge is 0.119 e. The lowest BCUT2D eigenvalue weighted by Gasteiger charge is -2.35. The van der Waals surface area contributed by atoms with Gasteiger partial charge in [-0.1, -0.05) is 25.4 Å². The van der Waals surface area contributed by atoms with Gasteiger partial charge in [-0.3, -0.25) is 0 Å². The lowest BCUT2D eigenvalue weighted by molar-refractivity contribution is -0.00211. The Kier molecular flexibility index (Phi) is 7.63. The number of aliphatic hydroxyl groups excluding tert-OH is 1. The molecule has 0 amide bonds. The molecule has 0 bridgehead atoms. The van der Waals surface area contributed by atoms with E-state index >= 15 is 0 Å². The van der Waals surface area contributed by atoms with Crippen LogP contribution in [-0.2, 0) is 4.74 Å². The van der Waals surface area contributed by atoms with Crippen LogP contribution in [0.4, 0.5) is 0 Å². The second-order valence-electron chi connectivity index (χ2n) is 6.70. The second-order valence-corrected chi connectivity index (χ2v) is 7.13. The van der Waals surface area contributed by atoms with Crippen LogP contribution in [-0.4, -0.2) is 55.6 Å². The molecular formula is C18H28ClNO3. The zero-order valence-corrected chi connectivity index (χ0v) is 14.8. The third-order valence-electron chi connectivity index (χ3n) is 4.03. The summed E-state index contributed by atoms with van der Waals surface area (Å²) in [4.78, 5) is 2.34. The Labute approximate surface area is 144 Å². The Morgan fingerprint density at radius 2 is 1.83 bits per heavy atom. The van der Waals surface area contributed by atoms with Gasteiger partial charge in [0.05, 0.1) is 19.3 Å². The lowest BCUT2D eigenvalue weighted by atomic mass is 9.92. The number of nitrogens with zero attached hydrogens (tertiary/aromatic N) is 1. The summed E-state index contributed by atoms with van der Waals surface area (Å²) in [5.74, 6) is 2.19. The summed E-state index contributed by atoms with van der Waals surface area (Å²) in [5.41, 5.74) is 0. The Bertz CT molecular complexity index is 444. The summed E-state index contributed by atoms with van der Waals surface area (Å²) in [6, 6.07) is 7.25. The molecule has 3 atom stereocenters. The summed E-state index contributed by atoms with van der Waals surface area (Å²) in [6.45, 7) is 8.66. The van der Waals surface area contributed by atoms with Gasteiger partial charge in [-0.15, -0.1) is 0 Å². The van der Waals surface area contributed by atoms with Crippen LogP contribution in [0.3, 0.4) is 0 Å². The van der Waals surface area contributed by atoms with Crippen LogP contribution in [0.25, 0.3) is 0 Å². The SMILES string of the molecule is C[C@@H]1C[C@H](C)CN(C[C@H](O)COCCOc2ccc(Cl)cc2)C1. The molecule has 0 unspecified atom stereocenters. The predicted molar refractivity (Wildman–Crippen MR) is 93.2 cm³/mol. The van der Waals surface area contributed by atoms with Crippen molar-refractivity contribution >= 4 is 11.6 Å². The predicted octanol–water partition coefficient (Wildman–Crippen LogP) is 3.07. The molecule has 0 aromatic heterocycles. The quantitative estimate of drug-likeness (QED) is 0.738. The summed E-state index contributed by atoms with van der Waals surface area (Å²) < 4.78 is 11.1. The van der Waals surface area contributed by atoms with Crippen molar-refractivity contribution in [1.82, 2.24) is 4.90 Å². The van der Waals surface area contributed by atoms with Crippen molar-refractivity contribution in [3.63, 3.8) is 0 Å². The molecule has 1 heterocycles. The standard InChI is InChI=1S/C18H28ClNO3/c1-14-9-15(2)11-20(10-14)12-17(21)13-22-7-8-23-18-5-3-16(19)4-6-18/h3-6,14-15,17,21H,7-13H2,1-2H3/t14-,15+,17-/m0/s1. The fourth-order valence-electron chi connectivity index (χ4n) is 3.26. The fourth-order valence-corrected chi connectivity index (χ4v) is 3.39. The number of piperidine rings is 1. The molecule has 0 saturated carbocycles. The van der Waals surface area contributed by atoms with Crippen molar-refractivity contribution in [2.45, 2.75) is 26.4 Å². The van der Waals surface area contributed by atoms with Gasteiger partial charge in [-0.25, -0.2) is 0 Å². The summed E-state index contributed by atoms with van der Waals surface area (Å²) >= 11 is 5.82. The first-order valence-corrected chi connectivity index (χ1v) is 8.77. The first-order valence-electron chi connectivity index (χ1n) is 8.39. The zero-order valence-electron chi connectivity index (χ0n) is 14.1. The van der Waals surface area contributed by atoms with E-state index in [9.17, 15) is 5.11 Å². The van der Waals surface area contributed by atoms with Crippen LogP contribution in [0.1, 0.15) is 20.3 Å². The number of β-amino-alcohol motifs (C(OH)–C–C–N with tert-alkyl or cyclic N) is 1. The monoisotopic (exact) mass is 341 g/mol. The molecule has 1 aliphatic heterocycles. The Morgan fingerprint density at radius 1 is 1.17 bits per heavy atom. The molecule has 1 saturated heterocycles. The lowest BCUT2D eigenvalue weighted by Crippen LogP contribution is -2.43. The van der Waals surface area contributed by atoms with E-state index in [1.807, 2.05) is 12.1 Å². The van der Waals surface area contributed by atoms with E-state index < -0.39 is 6.10 Å². The molecule has 0 aliphatic carbocycles. The van der Waals surface area contributed by atoms with Gasteiger partial charge in [-0.2, -0.15) is 0 Å². The Hall–Kier alpha value is -0.810. The molecule has 4 nitrogen and oxygen atoms in total. The highest BCUT2D eigenvalue weighted by atomic mass is 35.5. The van der Waals surface area contributed by atoms with Gasteiger partial charge >= 0.3 is 0 Å². The largest absolute Gasteiger partial charge is 0.491 e. The van der Waals surface area contributed by atoms with E-state index in [0.29, 0.717) is 43.2 Å². The van der Waals surface area contributed by atoms with Crippen molar-refractivity contribution in [1.29, 1.82) is 0 Å². The number of hydrogen-bond donors (Lipinski definition) is 1. The van der Waals surface area contributed by atoms with Gasteiger partial charge in [-0.05, 0) is 42.5 Å². The van der Waals surface area contributed by atoms with Gasteiger partial charge in [0.1, 0.15) is 12.4 Å². The van der Waals surface area contributed by atoms with Gasteiger partial charge in [0.25, 0.3) is 0 Å². The zero-order chi connectivity index (χ0) is 16.7. The van der Waals surface area contributed by atoms with E-state index in [1.54, 1.807) is 12.1 Å².